The summed E-state index contributed by atoms with van der Waals surface area (Å²) in [5, 5.41) is 12.1. The fourth-order valence-corrected chi connectivity index (χ4v) is 3.73. The van der Waals surface area contributed by atoms with E-state index < -0.39 is 11.9 Å². The lowest BCUT2D eigenvalue weighted by molar-refractivity contribution is 0.0994. The second-order valence-electron chi connectivity index (χ2n) is 7.46. The van der Waals surface area contributed by atoms with E-state index in [2.05, 4.69) is 5.32 Å². The van der Waals surface area contributed by atoms with Gasteiger partial charge >= 0.3 is 6.03 Å². The molecule has 0 aromatic heterocycles. The monoisotopic (exact) mass is 397 g/mol. The number of phenols is 1. The van der Waals surface area contributed by atoms with Crippen molar-refractivity contribution in [1.29, 1.82) is 0 Å². The van der Waals surface area contributed by atoms with Crippen LogP contribution < -0.4 is 21.5 Å². The van der Waals surface area contributed by atoms with Gasteiger partial charge in [0.1, 0.15) is 11.5 Å². The van der Waals surface area contributed by atoms with E-state index in [1.165, 1.54) is 19.3 Å². The third kappa shape index (κ3) is 5.40. The Hall–Kier alpha value is -3.22. The molecule has 1 fully saturated rings. The number of hydrogen-bond acceptors (Lipinski definition) is 4. The van der Waals surface area contributed by atoms with Gasteiger partial charge in [-0.1, -0.05) is 31.4 Å². The van der Waals surface area contributed by atoms with Crippen molar-refractivity contribution in [2.24, 2.45) is 17.4 Å². The van der Waals surface area contributed by atoms with Gasteiger partial charge in [-0.05, 0) is 54.2 Å². The molecule has 29 heavy (non-hydrogen) atoms. The SMILES string of the molecule is NC(=O)NCc1cc(C(N)=O)c(OCC2CCCCC2)c(-c2ccc(O)cc2)c1. The predicted molar refractivity (Wildman–Crippen MR) is 111 cm³/mol. The van der Waals surface area contributed by atoms with Gasteiger partial charge in [0.15, 0.2) is 0 Å². The van der Waals surface area contributed by atoms with Crippen LogP contribution in [0.15, 0.2) is 36.4 Å². The molecular formula is C22H27N3O4. The zero-order valence-electron chi connectivity index (χ0n) is 16.3. The van der Waals surface area contributed by atoms with Gasteiger partial charge in [-0.15, -0.1) is 0 Å². The number of ether oxygens (including phenoxy) is 1. The highest BCUT2D eigenvalue weighted by Gasteiger charge is 2.21. The lowest BCUT2D eigenvalue weighted by atomic mass is 9.90. The molecule has 0 atom stereocenters. The molecule has 154 valence electrons. The van der Waals surface area contributed by atoms with Crippen LogP contribution in [0, 0.1) is 5.92 Å². The summed E-state index contributed by atoms with van der Waals surface area (Å²) in [7, 11) is 0. The Morgan fingerprint density at radius 3 is 2.38 bits per heavy atom. The quantitative estimate of drug-likeness (QED) is 0.571. The summed E-state index contributed by atoms with van der Waals surface area (Å²) in [5.41, 5.74) is 13.2. The minimum atomic E-state index is -0.658. The number of nitrogens with one attached hydrogen (secondary N) is 1. The number of aromatic hydroxyl groups is 1. The van der Waals surface area contributed by atoms with Crippen LogP contribution in [-0.2, 0) is 6.54 Å². The minimum absolute atomic E-state index is 0.139. The van der Waals surface area contributed by atoms with E-state index >= 15 is 0 Å². The van der Waals surface area contributed by atoms with Crippen molar-refractivity contribution in [1.82, 2.24) is 5.32 Å². The van der Waals surface area contributed by atoms with Crippen molar-refractivity contribution in [3.63, 3.8) is 0 Å². The smallest absolute Gasteiger partial charge is 0.312 e. The number of phenolic OH excluding ortho intramolecular Hbond substituents is 1. The van der Waals surface area contributed by atoms with Crippen LogP contribution >= 0.6 is 0 Å². The second-order valence-corrected chi connectivity index (χ2v) is 7.46. The highest BCUT2D eigenvalue weighted by atomic mass is 16.5. The number of amides is 3. The standard InChI is InChI=1S/C22H27N3O4/c23-21(27)19-11-15(12-25-22(24)28)10-18(16-6-8-17(26)9-7-16)20(19)29-13-14-4-2-1-3-5-14/h6-11,14,26H,1-5,12-13H2,(H2,23,27)(H3,24,25,28). The summed E-state index contributed by atoms with van der Waals surface area (Å²) >= 11 is 0. The van der Waals surface area contributed by atoms with Crippen LogP contribution in [0.5, 0.6) is 11.5 Å². The fraction of sp³-hybridized carbons (Fsp3) is 0.364. The summed E-state index contributed by atoms with van der Waals surface area (Å²) in [6, 6.07) is 9.43. The minimum Gasteiger partial charge on any atom is -0.508 e. The number of nitrogens with two attached hydrogens (primary N) is 2. The predicted octanol–water partition coefficient (Wildman–Crippen LogP) is 3.29. The number of carbonyl (C=O) groups excluding carboxylic acids is 2. The first-order valence-corrected chi connectivity index (χ1v) is 9.86. The number of hydrogen-bond donors (Lipinski definition) is 4. The van der Waals surface area contributed by atoms with E-state index in [1.807, 2.05) is 6.07 Å². The van der Waals surface area contributed by atoms with Crippen molar-refractivity contribution >= 4 is 11.9 Å². The maximum Gasteiger partial charge on any atom is 0.312 e. The first kappa shape index (κ1) is 20.5. The van der Waals surface area contributed by atoms with Crippen molar-refractivity contribution in [2.75, 3.05) is 6.61 Å². The second kappa shape index (κ2) is 9.32. The van der Waals surface area contributed by atoms with Gasteiger partial charge in [0.05, 0.1) is 12.2 Å². The Balaban J connectivity index is 2.00. The molecule has 1 aliphatic rings. The largest absolute Gasteiger partial charge is 0.508 e. The Labute approximate surface area is 170 Å². The van der Waals surface area contributed by atoms with E-state index in [0.717, 1.165) is 18.4 Å². The molecule has 1 saturated carbocycles. The van der Waals surface area contributed by atoms with E-state index in [0.29, 0.717) is 29.4 Å². The highest BCUT2D eigenvalue weighted by Crippen LogP contribution is 2.36. The van der Waals surface area contributed by atoms with Gasteiger partial charge in [-0.25, -0.2) is 4.79 Å². The molecule has 2 aromatic rings. The maximum absolute atomic E-state index is 12.2. The van der Waals surface area contributed by atoms with Gasteiger partial charge in [-0.2, -0.15) is 0 Å². The van der Waals surface area contributed by atoms with Gasteiger partial charge < -0.3 is 26.6 Å². The van der Waals surface area contributed by atoms with E-state index in [-0.39, 0.29) is 17.9 Å². The van der Waals surface area contributed by atoms with Crippen LogP contribution in [0.3, 0.4) is 0 Å². The van der Waals surface area contributed by atoms with Gasteiger partial charge in [0.25, 0.3) is 5.91 Å². The molecule has 2 aromatic carbocycles. The molecule has 3 rings (SSSR count). The van der Waals surface area contributed by atoms with Gasteiger partial charge in [-0.3, -0.25) is 4.79 Å². The van der Waals surface area contributed by atoms with Crippen molar-refractivity contribution in [2.45, 2.75) is 38.6 Å². The lowest BCUT2D eigenvalue weighted by Crippen LogP contribution is -2.28. The molecular weight excluding hydrogens is 370 g/mol. The average molecular weight is 397 g/mol. The summed E-state index contributed by atoms with van der Waals surface area (Å²) in [4.78, 5) is 23.3. The van der Waals surface area contributed by atoms with Gasteiger partial charge in [0.2, 0.25) is 0 Å². The van der Waals surface area contributed by atoms with Crippen LogP contribution in [-0.4, -0.2) is 23.7 Å². The molecule has 0 saturated heterocycles. The van der Waals surface area contributed by atoms with Crippen molar-refractivity contribution in [3.05, 3.63) is 47.5 Å². The topological polar surface area (TPSA) is 128 Å². The molecule has 1 aliphatic carbocycles. The maximum atomic E-state index is 12.2. The molecule has 0 aliphatic heterocycles. The first-order valence-electron chi connectivity index (χ1n) is 9.86. The van der Waals surface area contributed by atoms with Crippen LogP contribution in [0.1, 0.15) is 48.0 Å². The first-order chi connectivity index (χ1) is 13.9. The Morgan fingerprint density at radius 2 is 1.76 bits per heavy atom. The van der Waals surface area contributed by atoms with Crippen LogP contribution in [0.25, 0.3) is 11.1 Å². The Bertz CT molecular complexity index is 874. The lowest BCUT2D eigenvalue weighted by Gasteiger charge is -2.24. The Kier molecular flexibility index (Phi) is 6.59. The van der Waals surface area contributed by atoms with Crippen LogP contribution in [0.2, 0.25) is 0 Å². The Morgan fingerprint density at radius 1 is 1.07 bits per heavy atom. The number of carbonyl (C=O) groups is 2. The molecule has 0 heterocycles. The fourth-order valence-electron chi connectivity index (χ4n) is 3.73. The highest BCUT2D eigenvalue weighted by molar-refractivity contribution is 5.98. The van der Waals surface area contributed by atoms with E-state index in [4.69, 9.17) is 16.2 Å². The number of urea groups is 1. The molecule has 6 N–H and O–H groups in total. The summed E-state index contributed by atoms with van der Waals surface area (Å²) in [6.07, 6.45) is 5.87. The van der Waals surface area contributed by atoms with Crippen LogP contribution in [0.4, 0.5) is 4.79 Å². The molecule has 3 amide bonds. The summed E-state index contributed by atoms with van der Waals surface area (Å²) in [6.45, 7) is 0.674. The normalized spacial score (nSPS) is 14.3. The van der Waals surface area contributed by atoms with E-state index in [9.17, 15) is 14.7 Å². The summed E-state index contributed by atoms with van der Waals surface area (Å²) < 4.78 is 6.16. The van der Waals surface area contributed by atoms with E-state index in [1.54, 1.807) is 30.3 Å². The van der Waals surface area contributed by atoms with Crippen molar-refractivity contribution < 1.29 is 19.4 Å². The van der Waals surface area contributed by atoms with Gasteiger partial charge in [0, 0.05) is 12.1 Å². The zero-order valence-corrected chi connectivity index (χ0v) is 16.3. The molecule has 0 unspecified atom stereocenters. The zero-order chi connectivity index (χ0) is 20.8. The third-order valence-corrected chi connectivity index (χ3v) is 5.25. The molecule has 0 bridgehead atoms. The molecule has 0 radical (unpaired) electrons. The molecule has 0 spiro atoms. The van der Waals surface area contributed by atoms with Crippen molar-refractivity contribution in [3.8, 4) is 22.6 Å². The number of rotatable bonds is 7. The molecule has 7 nitrogen and oxygen atoms in total. The third-order valence-electron chi connectivity index (χ3n) is 5.25. The average Bonchev–Trinajstić information content (AvgIpc) is 2.71. The number of primary amides is 2. The summed E-state index contributed by atoms with van der Waals surface area (Å²) in [5.74, 6) is 0.412. The number of benzene rings is 2. The molecule has 7 heteroatoms.